The molecule has 136 valence electrons. The Morgan fingerprint density at radius 2 is 1.59 bits per heavy atom. The zero-order valence-electron chi connectivity index (χ0n) is 15.3. The average molecular weight is 361 g/mol. The number of para-hydroxylation sites is 1. The van der Waals surface area contributed by atoms with Gasteiger partial charge in [-0.25, -0.2) is 4.39 Å². The highest BCUT2D eigenvalue weighted by Crippen LogP contribution is 2.55. The molecular formula is C23H20FNO2. The van der Waals surface area contributed by atoms with Gasteiger partial charge in [0, 0.05) is 54.9 Å². The third-order valence-electron chi connectivity index (χ3n) is 5.49. The maximum Gasteiger partial charge on any atom is 0.278 e. The molecule has 5 rings (SSSR count). The van der Waals surface area contributed by atoms with Gasteiger partial charge in [0.05, 0.1) is 0 Å². The first-order chi connectivity index (χ1) is 13.1. The van der Waals surface area contributed by atoms with Gasteiger partial charge >= 0.3 is 0 Å². The van der Waals surface area contributed by atoms with Crippen LogP contribution in [0.4, 0.5) is 10.1 Å². The summed E-state index contributed by atoms with van der Waals surface area (Å²) in [7, 11) is 4.01. The number of hydrogen-bond acceptors (Lipinski definition) is 3. The summed E-state index contributed by atoms with van der Waals surface area (Å²) in [5.74, 6) is 0.579. The maximum atomic E-state index is 13.5. The van der Waals surface area contributed by atoms with Crippen LogP contribution >= 0.6 is 0 Å². The molecule has 2 atom stereocenters. The summed E-state index contributed by atoms with van der Waals surface area (Å²) in [5, 5.41) is 0. The first-order valence-electron chi connectivity index (χ1n) is 9.10. The standard InChI is InChI=1S/C23H20FNO2/c1-25(2)17-11-12-19-20-14-23(27-22(19)13-17,15-7-9-16(24)10-8-15)26-21-6-4-3-5-18(20)21/h3-13,20H,14H2,1-2H3/t20-,23-/m1/s1. The van der Waals surface area contributed by atoms with Crippen molar-refractivity contribution in [2.75, 3.05) is 19.0 Å². The number of anilines is 1. The first-order valence-corrected chi connectivity index (χ1v) is 9.10. The molecule has 2 bridgehead atoms. The Balaban J connectivity index is 1.72. The number of benzene rings is 3. The summed E-state index contributed by atoms with van der Waals surface area (Å²) < 4.78 is 26.4. The van der Waals surface area contributed by atoms with Gasteiger partial charge < -0.3 is 14.4 Å². The maximum absolute atomic E-state index is 13.5. The van der Waals surface area contributed by atoms with Gasteiger partial charge in [0.1, 0.15) is 17.3 Å². The summed E-state index contributed by atoms with van der Waals surface area (Å²) in [5.41, 5.74) is 4.21. The minimum atomic E-state index is -0.954. The molecule has 0 N–H and O–H groups in total. The van der Waals surface area contributed by atoms with Crippen LogP contribution in [0.2, 0.25) is 0 Å². The second-order valence-electron chi connectivity index (χ2n) is 7.38. The van der Waals surface area contributed by atoms with Crippen molar-refractivity contribution >= 4 is 5.69 Å². The van der Waals surface area contributed by atoms with E-state index in [-0.39, 0.29) is 11.7 Å². The lowest BCUT2D eigenvalue weighted by atomic mass is 9.78. The van der Waals surface area contributed by atoms with Crippen molar-refractivity contribution in [2.45, 2.75) is 18.1 Å². The molecule has 0 unspecified atom stereocenters. The molecule has 0 amide bonds. The van der Waals surface area contributed by atoms with E-state index in [1.165, 1.54) is 12.1 Å². The number of halogens is 1. The Labute approximate surface area is 158 Å². The third-order valence-corrected chi connectivity index (χ3v) is 5.49. The number of fused-ring (bicyclic) bond motifs is 6. The van der Waals surface area contributed by atoms with Crippen molar-refractivity contribution in [2.24, 2.45) is 0 Å². The minimum Gasteiger partial charge on any atom is -0.448 e. The van der Waals surface area contributed by atoms with Crippen molar-refractivity contribution in [3.63, 3.8) is 0 Å². The molecule has 2 aliphatic heterocycles. The van der Waals surface area contributed by atoms with Crippen molar-refractivity contribution in [3.05, 3.63) is 89.2 Å². The summed E-state index contributed by atoms with van der Waals surface area (Å²) in [6.45, 7) is 0. The van der Waals surface area contributed by atoms with Gasteiger partial charge in [-0.1, -0.05) is 24.3 Å². The van der Waals surface area contributed by atoms with Crippen molar-refractivity contribution in [3.8, 4) is 11.5 Å². The Kier molecular flexibility index (Phi) is 3.44. The number of rotatable bonds is 2. The quantitative estimate of drug-likeness (QED) is 0.637. The topological polar surface area (TPSA) is 21.7 Å². The Hall–Kier alpha value is -3.01. The summed E-state index contributed by atoms with van der Waals surface area (Å²) in [6, 6.07) is 20.8. The Bertz CT molecular complexity index is 1020. The Morgan fingerprint density at radius 3 is 2.37 bits per heavy atom. The minimum absolute atomic E-state index is 0.167. The molecule has 0 saturated heterocycles. The van der Waals surface area contributed by atoms with E-state index in [4.69, 9.17) is 9.47 Å². The molecule has 4 heteroatoms. The van der Waals surface area contributed by atoms with Crippen LogP contribution in [0.15, 0.2) is 66.7 Å². The van der Waals surface area contributed by atoms with Gasteiger partial charge in [0.15, 0.2) is 0 Å². The van der Waals surface area contributed by atoms with Crippen molar-refractivity contribution < 1.29 is 13.9 Å². The highest BCUT2D eigenvalue weighted by atomic mass is 19.1. The van der Waals surface area contributed by atoms with Gasteiger partial charge in [0.25, 0.3) is 5.79 Å². The highest BCUT2D eigenvalue weighted by Gasteiger charge is 2.49. The fourth-order valence-corrected chi connectivity index (χ4v) is 4.09. The van der Waals surface area contributed by atoms with Gasteiger partial charge in [-0.3, -0.25) is 0 Å². The molecule has 3 aromatic rings. The van der Waals surface area contributed by atoms with Crippen LogP contribution < -0.4 is 14.4 Å². The molecule has 3 nitrogen and oxygen atoms in total. The lowest BCUT2D eigenvalue weighted by Crippen LogP contribution is -2.46. The zero-order valence-corrected chi connectivity index (χ0v) is 15.3. The third kappa shape index (κ3) is 2.47. The van der Waals surface area contributed by atoms with Gasteiger partial charge in [-0.05, 0) is 36.4 Å². The monoisotopic (exact) mass is 361 g/mol. The van der Waals surface area contributed by atoms with E-state index in [0.29, 0.717) is 6.42 Å². The molecule has 0 aromatic heterocycles. The van der Waals surface area contributed by atoms with E-state index >= 15 is 0 Å². The highest BCUT2D eigenvalue weighted by molar-refractivity contribution is 5.59. The molecule has 2 aliphatic rings. The lowest BCUT2D eigenvalue weighted by Gasteiger charge is -2.46. The van der Waals surface area contributed by atoms with E-state index in [1.54, 1.807) is 12.1 Å². The van der Waals surface area contributed by atoms with Crippen LogP contribution in [0.1, 0.15) is 29.0 Å². The number of hydrogen-bond donors (Lipinski definition) is 0. The fraction of sp³-hybridized carbons (Fsp3) is 0.217. The molecular weight excluding hydrogens is 341 g/mol. The van der Waals surface area contributed by atoms with E-state index in [1.807, 2.05) is 37.2 Å². The first kappa shape index (κ1) is 16.2. The zero-order chi connectivity index (χ0) is 18.6. The van der Waals surface area contributed by atoms with Crippen LogP contribution in [-0.4, -0.2) is 14.1 Å². The predicted octanol–water partition coefficient (Wildman–Crippen LogP) is 5.05. The van der Waals surface area contributed by atoms with Gasteiger partial charge in [-0.2, -0.15) is 0 Å². The van der Waals surface area contributed by atoms with E-state index in [9.17, 15) is 4.39 Å². The number of ether oxygens (including phenoxy) is 2. The summed E-state index contributed by atoms with van der Waals surface area (Å²) in [4.78, 5) is 2.05. The largest absolute Gasteiger partial charge is 0.448 e. The second kappa shape index (κ2) is 5.74. The SMILES string of the molecule is CN(C)c1ccc2c(c1)O[C@@]1(c3ccc(F)cc3)C[C@@H]2c2ccccc2O1. The Morgan fingerprint density at radius 1 is 0.889 bits per heavy atom. The smallest absolute Gasteiger partial charge is 0.278 e. The summed E-state index contributed by atoms with van der Waals surface area (Å²) in [6.07, 6.45) is 0.657. The van der Waals surface area contributed by atoms with Crippen LogP contribution in [0, 0.1) is 5.82 Å². The molecule has 0 radical (unpaired) electrons. The second-order valence-corrected chi connectivity index (χ2v) is 7.38. The van der Waals surface area contributed by atoms with Crippen molar-refractivity contribution in [1.29, 1.82) is 0 Å². The van der Waals surface area contributed by atoms with Crippen molar-refractivity contribution in [1.82, 2.24) is 0 Å². The molecule has 27 heavy (non-hydrogen) atoms. The fourth-order valence-electron chi connectivity index (χ4n) is 4.09. The number of nitrogens with zero attached hydrogens (tertiary/aromatic N) is 1. The van der Waals surface area contributed by atoms with Crippen LogP contribution in [0.5, 0.6) is 11.5 Å². The normalized spacial score (nSPS) is 22.1. The molecule has 2 heterocycles. The van der Waals surface area contributed by atoms with E-state index in [2.05, 4.69) is 24.3 Å². The van der Waals surface area contributed by atoms with Crippen LogP contribution in [-0.2, 0) is 5.79 Å². The molecule has 0 aliphatic carbocycles. The van der Waals surface area contributed by atoms with Gasteiger partial charge in [-0.15, -0.1) is 0 Å². The van der Waals surface area contributed by atoms with Crippen LogP contribution in [0.3, 0.4) is 0 Å². The molecule has 0 fully saturated rings. The average Bonchev–Trinajstić information content (AvgIpc) is 2.68. The van der Waals surface area contributed by atoms with E-state index in [0.717, 1.165) is 33.9 Å². The van der Waals surface area contributed by atoms with Gasteiger partial charge in [0.2, 0.25) is 0 Å². The summed E-state index contributed by atoms with van der Waals surface area (Å²) >= 11 is 0. The van der Waals surface area contributed by atoms with E-state index < -0.39 is 5.79 Å². The predicted molar refractivity (Wildman–Crippen MR) is 103 cm³/mol. The lowest BCUT2D eigenvalue weighted by molar-refractivity contribution is -0.148. The van der Waals surface area contributed by atoms with Crippen LogP contribution in [0.25, 0.3) is 0 Å². The molecule has 0 saturated carbocycles. The molecule has 3 aromatic carbocycles. The molecule has 0 spiro atoms.